The van der Waals surface area contributed by atoms with E-state index in [1.54, 1.807) is 0 Å². The molecule has 1 fully saturated rings. The van der Waals surface area contributed by atoms with Crippen LogP contribution in [-0.4, -0.2) is 61.9 Å². The van der Waals surface area contributed by atoms with Gasteiger partial charge in [0.25, 0.3) is 0 Å². The van der Waals surface area contributed by atoms with Crippen LogP contribution in [0.5, 0.6) is 0 Å². The topological polar surface area (TPSA) is 53.0 Å². The van der Waals surface area contributed by atoms with Crippen molar-refractivity contribution in [1.82, 2.24) is 4.90 Å². The van der Waals surface area contributed by atoms with E-state index in [1.807, 2.05) is 40.1 Å². The van der Waals surface area contributed by atoms with Crippen molar-refractivity contribution in [1.29, 1.82) is 0 Å². The zero-order valence-electron chi connectivity index (χ0n) is 11.0. The molecular formula is C14H20N2O3. The second-order valence-corrected chi connectivity index (χ2v) is 4.47. The number of amides is 1. The molecule has 0 saturated carbocycles. The number of benzene rings is 1. The first-order valence-electron chi connectivity index (χ1n) is 6.57. The molecular weight excluding hydrogens is 244 g/mol. The highest BCUT2D eigenvalue weighted by Gasteiger charge is 2.19. The molecule has 0 bridgehead atoms. The van der Waals surface area contributed by atoms with Crippen LogP contribution in [0.2, 0.25) is 0 Å². The fourth-order valence-corrected chi connectivity index (χ4v) is 2.13. The summed E-state index contributed by atoms with van der Waals surface area (Å²) < 4.78 is 5.24. The van der Waals surface area contributed by atoms with E-state index < -0.39 is 0 Å². The summed E-state index contributed by atoms with van der Waals surface area (Å²) in [7, 11) is 0. The lowest BCUT2D eigenvalue weighted by Gasteiger charge is -2.30. The highest BCUT2D eigenvalue weighted by molar-refractivity contribution is 5.81. The molecule has 0 unspecified atom stereocenters. The Morgan fingerprint density at radius 3 is 2.58 bits per heavy atom. The summed E-state index contributed by atoms with van der Waals surface area (Å²) in [5.74, 6) is 0.0839. The first-order valence-corrected chi connectivity index (χ1v) is 6.57. The number of morpholine rings is 1. The Labute approximate surface area is 113 Å². The number of rotatable bonds is 5. The number of hydrogen-bond acceptors (Lipinski definition) is 4. The number of hydrogen-bond donors (Lipinski definition) is 1. The molecule has 0 aliphatic carbocycles. The first-order chi connectivity index (χ1) is 9.31. The van der Waals surface area contributed by atoms with Crippen LogP contribution in [0.1, 0.15) is 0 Å². The fraction of sp³-hybridized carbons (Fsp3) is 0.500. The number of anilines is 1. The van der Waals surface area contributed by atoms with Crippen molar-refractivity contribution in [3.8, 4) is 0 Å². The third kappa shape index (κ3) is 3.94. The van der Waals surface area contributed by atoms with E-state index in [9.17, 15) is 4.79 Å². The van der Waals surface area contributed by atoms with Crippen LogP contribution in [0.4, 0.5) is 5.69 Å². The van der Waals surface area contributed by atoms with E-state index in [4.69, 9.17) is 9.84 Å². The van der Waals surface area contributed by atoms with Gasteiger partial charge in [-0.2, -0.15) is 0 Å². The average Bonchev–Trinajstić information content (AvgIpc) is 2.48. The number of nitrogens with zero attached hydrogens (tertiary/aromatic N) is 2. The molecule has 2 rings (SSSR count). The van der Waals surface area contributed by atoms with Crippen LogP contribution in [0, 0.1) is 0 Å². The van der Waals surface area contributed by atoms with Gasteiger partial charge in [0.05, 0.1) is 26.4 Å². The summed E-state index contributed by atoms with van der Waals surface area (Å²) in [4.78, 5) is 15.9. The van der Waals surface area contributed by atoms with Crippen LogP contribution in [0.3, 0.4) is 0 Å². The second-order valence-electron chi connectivity index (χ2n) is 4.47. The monoisotopic (exact) mass is 264 g/mol. The largest absolute Gasteiger partial charge is 0.395 e. The van der Waals surface area contributed by atoms with E-state index in [0.29, 0.717) is 39.4 Å². The van der Waals surface area contributed by atoms with Gasteiger partial charge in [-0.05, 0) is 12.1 Å². The summed E-state index contributed by atoms with van der Waals surface area (Å²) in [6.07, 6.45) is 0. The van der Waals surface area contributed by atoms with Gasteiger partial charge in [0.1, 0.15) is 0 Å². The minimum Gasteiger partial charge on any atom is -0.395 e. The predicted octanol–water partition coefficient (Wildman–Crippen LogP) is 0.344. The molecule has 0 atom stereocenters. The Hall–Kier alpha value is -1.59. The van der Waals surface area contributed by atoms with Gasteiger partial charge in [0.2, 0.25) is 5.91 Å². The molecule has 1 amide bonds. The quantitative estimate of drug-likeness (QED) is 0.833. The molecule has 5 heteroatoms. The van der Waals surface area contributed by atoms with Crippen molar-refractivity contribution in [3.63, 3.8) is 0 Å². The van der Waals surface area contributed by atoms with Crippen LogP contribution in [0.15, 0.2) is 30.3 Å². The number of carbonyl (C=O) groups excluding carboxylic acids is 1. The maximum absolute atomic E-state index is 12.2. The molecule has 5 nitrogen and oxygen atoms in total. The molecule has 1 aromatic carbocycles. The summed E-state index contributed by atoms with van der Waals surface area (Å²) in [6, 6.07) is 9.69. The van der Waals surface area contributed by atoms with Crippen molar-refractivity contribution in [2.45, 2.75) is 0 Å². The molecule has 1 aromatic rings. The van der Waals surface area contributed by atoms with Gasteiger partial charge in [-0.1, -0.05) is 18.2 Å². The van der Waals surface area contributed by atoms with Crippen LogP contribution < -0.4 is 4.90 Å². The Balaban J connectivity index is 1.98. The zero-order chi connectivity index (χ0) is 13.5. The molecule has 1 saturated heterocycles. The van der Waals surface area contributed by atoms with Gasteiger partial charge in [-0.25, -0.2) is 0 Å². The Bertz CT molecular complexity index is 391. The summed E-state index contributed by atoms with van der Waals surface area (Å²) in [5.41, 5.74) is 0.957. The van der Waals surface area contributed by atoms with Crippen molar-refractivity contribution < 1.29 is 14.6 Å². The minimum absolute atomic E-state index is 0.0330. The number of aliphatic hydroxyl groups excluding tert-OH is 1. The third-order valence-electron chi connectivity index (χ3n) is 3.18. The Morgan fingerprint density at radius 2 is 1.95 bits per heavy atom. The highest BCUT2D eigenvalue weighted by Crippen LogP contribution is 2.13. The van der Waals surface area contributed by atoms with Crippen molar-refractivity contribution in [2.75, 3.05) is 50.9 Å². The van der Waals surface area contributed by atoms with Gasteiger partial charge in [0.15, 0.2) is 0 Å². The van der Waals surface area contributed by atoms with Crippen LogP contribution >= 0.6 is 0 Å². The molecule has 0 aromatic heterocycles. The van der Waals surface area contributed by atoms with Gasteiger partial charge in [0, 0.05) is 25.3 Å². The van der Waals surface area contributed by atoms with E-state index in [-0.39, 0.29) is 12.5 Å². The van der Waals surface area contributed by atoms with Crippen molar-refractivity contribution in [2.24, 2.45) is 0 Å². The third-order valence-corrected chi connectivity index (χ3v) is 3.18. The first kappa shape index (κ1) is 13.8. The van der Waals surface area contributed by atoms with E-state index in [0.717, 1.165) is 5.69 Å². The van der Waals surface area contributed by atoms with Gasteiger partial charge in [-0.15, -0.1) is 0 Å². The minimum atomic E-state index is 0.0330. The van der Waals surface area contributed by atoms with Gasteiger partial charge >= 0.3 is 0 Å². The predicted molar refractivity (Wildman–Crippen MR) is 73.1 cm³/mol. The maximum atomic E-state index is 12.2. The molecule has 1 aliphatic heterocycles. The maximum Gasteiger partial charge on any atom is 0.242 e. The zero-order valence-corrected chi connectivity index (χ0v) is 11.0. The fourth-order valence-electron chi connectivity index (χ4n) is 2.13. The molecule has 0 radical (unpaired) electrons. The molecule has 1 N–H and O–H groups in total. The number of para-hydroxylation sites is 1. The summed E-state index contributed by atoms with van der Waals surface area (Å²) in [5, 5.41) is 9.13. The molecule has 104 valence electrons. The normalized spacial score (nSPS) is 15.3. The summed E-state index contributed by atoms with van der Waals surface area (Å²) in [6.45, 7) is 3.31. The second kappa shape index (κ2) is 7.11. The number of carbonyl (C=O) groups is 1. The molecule has 1 heterocycles. The lowest BCUT2D eigenvalue weighted by molar-refractivity contribution is -0.133. The Kier molecular flexibility index (Phi) is 5.18. The molecule has 19 heavy (non-hydrogen) atoms. The molecule has 1 aliphatic rings. The van der Waals surface area contributed by atoms with Crippen molar-refractivity contribution >= 4 is 11.6 Å². The Morgan fingerprint density at radius 1 is 1.26 bits per heavy atom. The van der Waals surface area contributed by atoms with Crippen molar-refractivity contribution in [3.05, 3.63) is 30.3 Å². The smallest absolute Gasteiger partial charge is 0.242 e. The van der Waals surface area contributed by atoms with E-state index in [1.165, 1.54) is 0 Å². The lowest BCUT2D eigenvalue weighted by Crippen LogP contribution is -2.46. The average molecular weight is 264 g/mol. The highest BCUT2D eigenvalue weighted by atomic mass is 16.5. The van der Waals surface area contributed by atoms with E-state index >= 15 is 0 Å². The standard InChI is InChI=1S/C14H20N2O3/c17-9-6-16(13-4-2-1-3-5-13)12-14(18)15-7-10-19-11-8-15/h1-5,17H,6-12H2. The van der Waals surface area contributed by atoms with Gasteiger partial charge < -0.3 is 19.6 Å². The van der Waals surface area contributed by atoms with Crippen LogP contribution in [0.25, 0.3) is 0 Å². The van der Waals surface area contributed by atoms with Crippen LogP contribution in [-0.2, 0) is 9.53 Å². The SMILES string of the molecule is O=C(CN(CCO)c1ccccc1)N1CCOCC1. The lowest BCUT2D eigenvalue weighted by atomic mass is 10.2. The van der Waals surface area contributed by atoms with Gasteiger partial charge in [-0.3, -0.25) is 4.79 Å². The molecule has 0 spiro atoms. The number of ether oxygens (including phenoxy) is 1. The summed E-state index contributed by atoms with van der Waals surface area (Å²) >= 11 is 0. The van der Waals surface area contributed by atoms with E-state index in [2.05, 4.69) is 0 Å². The number of aliphatic hydroxyl groups is 1.